The maximum Gasteiger partial charge on any atom is 0.326 e. The van der Waals surface area contributed by atoms with Gasteiger partial charge in [0.1, 0.15) is 6.04 Å². The van der Waals surface area contributed by atoms with Gasteiger partial charge in [0.25, 0.3) is 0 Å². The number of carbonyl (C=O) groups excluding carboxylic acids is 1. The summed E-state index contributed by atoms with van der Waals surface area (Å²) in [7, 11) is 1.59. The van der Waals surface area contributed by atoms with Crippen LogP contribution in [0.1, 0.15) is 46.0 Å². The number of aliphatic carboxylic acids is 1. The molecule has 1 fully saturated rings. The second-order valence-corrected chi connectivity index (χ2v) is 4.77. The minimum atomic E-state index is -0.944. The number of carboxylic acid groups (broad SMARTS) is 1. The van der Waals surface area contributed by atoms with Gasteiger partial charge in [-0.1, -0.05) is 19.8 Å². The summed E-state index contributed by atoms with van der Waals surface area (Å²) < 4.78 is 0. The van der Waals surface area contributed by atoms with Crippen molar-refractivity contribution in [2.24, 2.45) is 5.41 Å². The molecule has 0 heterocycles. The Bertz CT molecular complexity index is 282. The third kappa shape index (κ3) is 2.20. The molecule has 0 aromatic rings. The van der Waals surface area contributed by atoms with E-state index in [1.807, 2.05) is 6.92 Å². The highest BCUT2D eigenvalue weighted by molar-refractivity contribution is 5.87. The first-order chi connectivity index (χ1) is 7.44. The van der Waals surface area contributed by atoms with Gasteiger partial charge in [-0.2, -0.15) is 0 Å². The fourth-order valence-corrected chi connectivity index (χ4v) is 2.49. The Labute approximate surface area is 96.6 Å². The van der Waals surface area contributed by atoms with Crippen LogP contribution in [0.2, 0.25) is 0 Å². The quantitative estimate of drug-likeness (QED) is 0.797. The molecule has 0 radical (unpaired) electrons. The fraction of sp³-hybridized carbons (Fsp3) is 0.833. The highest BCUT2D eigenvalue weighted by atomic mass is 16.4. The molecule has 1 amide bonds. The van der Waals surface area contributed by atoms with Gasteiger partial charge in [0, 0.05) is 12.5 Å². The molecule has 1 aliphatic carbocycles. The number of rotatable bonds is 4. The van der Waals surface area contributed by atoms with Crippen molar-refractivity contribution in [1.82, 2.24) is 4.90 Å². The van der Waals surface area contributed by atoms with Crippen LogP contribution >= 0.6 is 0 Å². The molecule has 0 saturated heterocycles. The zero-order valence-electron chi connectivity index (χ0n) is 10.3. The number of hydrogen-bond acceptors (Lipinski definition) is 2. The number of amides is 1. The molecule has 1 rings (SSSR count). The molecule has 0 bridgehead atoms. The predicted molar refractivity (Wildman–Crippen MR) is 61.1 cm³/mol. The number of nitrogens with zero attached hydrogens (tertiary/aromatic N) is 1. The molecule has 92 valence electrons. The molecule has 0 spiro atoms. The van der Waals surface area contributed by atoms with Crippen molar-refractivity contribution < 1.29 is 14.7 Å². The largest absolute Gasteiger partial charge is 0.480 e. The first-order valence-electron chi connectivity index (χ1n) is 5.94. The SMILES string of the molecule is CCC1(C(=O)N(C)C(C)C(=O)O)CCCC1. The van der Waals surface area contributed by atoms with Gasteiger partial charge in [0.2, 0.25) is 5.91 Å². The zero-order valence-corrected chi connectivity index (χ0v) is 10.3. The molecule has 1 saturated carbocycles. The van der Waals surface area contributed by atoms with Crippen LogP contribution in [0.15, 0.2) is 0 Å². The topological polar surface area (TPSA) is 57.6 Å². The van der Waals surface area contributed by atoms with Crippen molar-refractivity contribution in [3.8, 4) is 0 Å². The van der Waals surface area contributed by atoms with E-state index in [1.165, 1.54) is 4.90 Å². The van der Waals surface area contributed by atoms with Gasteiger partial charge < -0.3 is 10.0 Å². The maximum atomic E-state index is 12.3. The number of carboxylic acids is 1. The van der Waals surface area contributed by atoms with Crippen LogP contribution < -0.4 is 0 Å². The Morgan fingerprint density at radius 3 is 2.25 bits per heavy atom. The van der Waals surface area contributed by atoms with Crippen LogP contribution in [-0.2, 0) is 9.59 Å². The first kappa shape index (κ1) is 13.0. The van der Waals surface area contributed by atoms with Gasteiger partial charge in [-0.15, -0.1) is 0 Å². The summed E-state index contributed by atoms with van der Waals surface area (Å²) in [6.45, 7) is 3.57. The molecule has 0 aromatic heterocycles. The average molecular weight is 227 g/mol. The summed E-state index contributed by atoms with van der Waals surface area (Å²) in [5.74, 6) is -0.942. The Balaban J connectivity index is 2.79. The third-order valence-electron chi connectivity index (χ3n) is 3.95. The number of carbonyl (C=O) groups is 2. The molecule has 0 aromatic carbocycles. The molecule has 16 heavy (non-hydrogen) atoms. The lowest BCUT2D eigenvalue weighted by Gasteiger charge is -2.33. The van der Waals surface area contributed by atoms with E-state index in [0.29, 0.717) is 0 Å². The van der Waals surface area contributed by atoms with Crippen molar-refractivity contribution in [3.05, 3.63) is 0 Å². The minimum Gasteiger partial charge on any atom is -0.480 e. The van der Waals surface area contributed by atoms with Gasteiger partial charge in [0.05, 0.1) is 0 Å². The van der Waals surface area contributed by atoms with Crippen molar-refractivity contribution in [2.75, 3.05) is 7.05 Å². The molecule has 1 atom stereocenters. The summed E-state index contributed by atoms with van der Waals surface area (Å²) in [6.07, 6.45) is 4.77. The summed E-state index contributed by atoms with van der Waals surface area (Å²) in [5, 5.41) is 8.91. The molecule has 4 nitrogen and oxygen atoms in total. The van der Waals surface area contributed by atoms with Crippen molar-refractivity contribution >= 4 is 11.9 Å². The average Bonchev–Trinajstić information content (AvgIpc) is 2.75. The van der Waals surface area contributed by atoms with E-state index < -0.39 is 12.0 Å². The molecule has 0 aliphatic heterocycles. The van der Waals surface area contributed by atoms with Gasteiger partial charge >= 0.3 is 5.97 Å². The standard InChI is InChI=1S/C12H21NO3/c1-4-12(7-5-6-8-12)11(16)13(3)9(2)10(14)15/h9H,4-8H2,1-3H3,(H,14,15). The molecule has 1 unspecified atom stereocenters. The highest BCUT2D eigenvalue weighted by Gasteiger charge is 2.42. The van der Waals surface area contributed by atoms with Crippen LogP contribution in [0.4, 0.5) is 0 Å². The normalized spacial score (nSPS) is 20.4. The summed E-state index contributed by atoms with van der Waals surface area (Å²) in [5.41, 5.74) is -0.293. The Hall–Kier alpha value is -1.06. The van der Waals surface area contributed by atoms with Crippen LogP contribution in [0.25, 0.3) is 0 Å². The maximum absolute atomic E-state index is 12.3. The van der Waals surface area contributed by atoms with Gasteiger partial charge in [-0.25, -0.2) is 4.79 Å². The second kappa shape index (κ2) is 4.85. The second-order valence-electron chi connectivity index (χ2n) is 4.77. The lowest BCUT2D eigenvalue weighted by molar-refractivity contribution is -0.153. The Kier molecular flexibility index (Phi) is 3.94. The summed E-state index contributed by atoms with van der Waals surface area (Å²) >= 11 is 0. The summed E-state index contributed by atoms with van der Waals surface area (Å²) in [4.78, 5) is 24.6. The first-order valence-corrected chi connectivity index (χ1v) is 5.94. The van der Waals surface area contributed by atoms with Crippen LogP contribution in [-0.4, -0.2) is 35.0 Å². The Morgan fingerprint density at radius 1 is 1.38 bits per heavy atom. The van der Waals surface area contributed by atoms with Crippen LogP contribution in [0.3, 0.4) is 0 Å². The number of hydrogen-bond donors (Lipinski definition) is 1. The smallest absolute Gasteiger partial charge is 0.326 e. The van der Waals surface area contributed by atoms with Crippen molar-refractivity contribution in [3.63, 3.8) is 0 Å². The molecule has 1 N–H and O–H groups in total. The van der Waals surface area contributed by atoms with Gasteiger partial charge in [-0.05, 0) is 26.2 Å². The van der Waals surface area contributed by atoms with E-state index >= 15 is 0 Å². The lowest BCUT2D eigenvalue weighted by Crippen LogP contribution is -2.47. The summed E-state index contributed by atoms with van der Waals surface area (Å²) in [6, 6.07) is -0.739. The predicted octanol–water partition coefficient (Wildman–Crippen LogP) is 1.89. The van der Waals surface area contributed by atoms with Crippen molar-refractivity contribution in [2.45, 2.75) is 52.0 Å². The van der Waals surface area contributed by atoms with Crippen LogP contribution in [0.5, 0.6) is 0 Å². The van der Waals surface area contributed by atoms with Crippen molar-refractivity contribution in [1.29, 1.82) is 0 Å². The molecule has 4 heteroatoms. The number of likely N-dealkylation sites (N-methyl/N-ethyl adjacent to an activating group) is 1. The Morgan fingerprint density at radius 2 is 1.88 bits per heavy atom. The monoisotopic (exact) mass is 227 g/mol. The van der Waals surface area contributed by atoms with Gasteiger partial charge in [0.15, 0.2) is 0 Å². The zero-order chi connectivity index (χ0) is 12.3. The lowest BCUT2D eigenvalue weighted by atomic mass is 9.81. The fourth-order valence-electron chi connectivity index (χ4n) is 2.49. The molecule has 1 aliphatic rings. The van der Waals surface area contributed by atoms with E-state index in [4.69, 9.17) is 5.11 Å². The highest BCUT2D eigenvalue weighted by Crippen LogP contribution is 2.42. The van der Waals surface area contributed by atoms with E-state index in [0.717, 1.165) is 32.1 Å². The third-order valence-corrected chi connectivity index (χ3v) is 3.95. The molecular formula is C12H21NO3. The van der Waals surface area contributed by atoms with E-state index in [9.17, 15) is 9.59 Å². The van der Waals surface area contributed by atoms with E-state index in [-0.39, 0.29) is 11.3 Å². The van der Waals surface area contributed by atoms with Gasteiger partial charge in [-0.3, -0.25) is 4.79 Å². The minimum absolute atomic E-state index is 0.00222. The van der Waals surface area contributed by atoms with Crippen LogP contribution in [0, 0.1) is 5.41 Å². The van der Waals surface area contributed by atoms with E-state index in [1.54, 1.807) is 14.0 Å². The van der Waals surface area contributed by atoms with E-state index in [2.05, 4.69) is 0 Å². The molecular weight excluding hydrogens is 206 g/mol.